The van der Waals surface area contributed by atoms with Gasteiger partial charge in [0.05, 0.1) is 0 Å². The molecule has 0 N–H and O–H groups in total. The summed E-state index contributed by atoms with van der Waals surface area (Å²) in [6, 6.07) is 48.2. The van der Waals surface area contributed by atoms with Gasteiger partial charge in [-0.05, 0) is 124 Å². The van der Waals surface area contributed by atoms with Gasteiger partial charge in [-0.3, -0.25) is 0 Å². The minimum atomic E-state index is 0.135. The van der Waals surface area contributed by atoms with Crippen molar-refractivity contribution in [2.75, 3.05) is 0 Å². The molecule has 0 aliphatic carbocycles. The molecule has 0 heterocycles. The summed E-state index contributed by atoms with van der Waals surface area (Å²) in [6.07, 6.45) is 2.00. The van der Waals surface area contributed by atoms with Crippen LogP contribution in [0.2, 0.25) is 0 Å². The molecule has 0 radical (unpaired) electrons. The van der Waals surface area contributed by atoms with Crippen LogP contribution in [-0.2, 0) is 18.3 Å². The van der Waals surface area contributed by atoms with Crippen LogP contribution in [0.1, 0.15) is 51.3 Å². The monoisotopic (exact) mass is 592 g/mol. The maximum atomic E-state index is 2.45. The van der Waals surface area contributed by atoms with Gasteiger partial charge in [-0.1, -0.05) is 150 Å². The van der Waals surface area contributed by atoms with E-state index < -0.39 is 0 Å². The van der Waals surface area contributed by atoms with Gasteiger partial charge >= 0.3 is 0 Å². The van der Waals surface area contributed by atoms with Crippen LogP contribution in [0.15, 0.2) is 127 Å². The van der Waals surface area contributed by atoms with Crippen LogP contribution < -0.4 is 0 Å². The summed E-state index contributed by atoms with van der Waals surface area (Å²) in [4.78, 5) is 0. The Kier molecular flexibility index (Phi) is 6.73. The van der Waals surface area contributed by atoms with Gasteiger partial charge in [0.15, 0.2) is 0 Å². The van der Waals surface area contributed by atoms with E-state index in [1.807, 2.05) is 0 Å². The Bertz CT molecular complexity index is 2370. The Morgan fingerprint density at radius 1 is 0.413 bits per heavy atom. The number of hydrogen-bond donors (Lipinski definition) is 0. The van der Waals surface area contributed by atoms with Gasteiger partial charge in [0.2, 0.25) is 0 Å². The molecular weight excluding hydrogens is 553 g/mol. The number of benzene rings is 8. The first kappa shape index (κ1) is 28.5. The maximum absolute atomic E-state index is 2.45. The van der Waals surface area contributed by atoms with E-state index in [1.54, 1.807) is 0 Å². The normalized spacial score (nSPS) is 12.2. The fourth-order valence-corrected chi connectivity index (χ4v) is 7.66. The fraction of sp³-hybridized carbons (Fsp3) is 0.174. The molecule has 224 valence electrons. The van der Waals surface area contributed by atoms with Crippen molar-refractivity contribution in [3.63, 3.8) is 0 Å². The van der Waals surface area contributed by atoms with E-state index in [2.05, 4.69) is 162 Å². The van der Waals surface area contributed by atoms with Crippen LogP contribution in [-0.4, -0.2) is 0 Å². The predicted molar refractivity (Wildman–Crippen MR) is 201 cm³/mol. The van der Waals surface area contributed by atoms with Crippen LogP contribution in [0.3, 0.4) is 0 Å². The number of aryl methyl sites for hydroxylation is 2. The van der Waals surface area contributed by atoms with Crippen molar-refractivity contribution in [2.45, 2.75) is 52.9 Å². The zero-order valence-corrected chi connectivity index (χ0v) is 27.5. The van der Waals surface area contributed by atoms with Crippen molar-refractivity contribution in [1.82, 2.24) is 0 Å². The van der Waals surface area contributed by atoms with E-state index in [0.29, 0.717) is 0 Å². The number of hydrogen-bond acceptors (Lipinski definition) is 0. The summed E-state index contributed by atoms with van der Waals surface area (Å²) in [5.41, 5.74) is 12.1. The molecule has 0 bridgehead atoms. The summed E-state index contributed by atoms with van der Waals surface area (Å²) in [7, 11) is 0. The molecule has 0 amide bonds. The highest BCUT2D eigenvalue weighted by molar-refractivity contribution is 6.28. The van der Waals surface area contributed by atoms with E-state index in [4.69, 9.17) is 0 Å². The molecule has 0 fully saturated rings. The van der Waals surface area contributed by atoms with Crippen molar-refractivity contribution < 1.29 is 0 Å². The predicted octanol–water partition coefficient (Wildman–Crippen LogP) is 13.2. The molecule has 0 saturated heterocycles. The highest BCUT2D eigenvalue weighted by Crippen LogP contribution is 2.45. The smallest absolute Gasteiger partial charge is 0.00175 e. The fourth-order valence-electron chi connectivity index (χ4n) is 7.66. The van der Waals surface area contributed by atoms with Crippen LogP contribution in [0, 0.1) is 0 Å². The first-order valence-electron chi connectivity index (χ1n) is 16.8. The molecule has 0 saturated carbocycles. The van der Waals surface area contributed by atoms with Gasteiger partial charge < -0.3 is 0 Å². The Morgan fingerprint density at radius 2 is 0.870 bits per heavy atom. The van der Waals surface area contributed by atoms with Gasteiger partial charge in [-0.2, -0.15) is 0 Å². The molecule has 0 aromatic heterocycles. The lowest BCUT2D eigenvalue weighted by Gasteiger charge is -2.22. The van der Waals surface area contributed by atoms with Gasteiger partial charge in [0.1, 0.15) is 0 Å². The second-order valence-corrected chi connectivity index (χ2v) is 13.9. The van der Waals surface area contributed by atoms with Gasteiger partial charge in [-0.15, -0.1) is 0 Å². The number of rotatable bonds is 5. The third-order valence-electron chi connectivity index (χ3n) is 10.2. The van der Waals surface area contributed by atoms with E-state index in [-0.39, 0.29) is 5.41 Å². The SMILES string of the molecule is CCc1cc(-c2ccc(-c3cccc4ccccc34)cc2)c2ccc3c(CC)cc(-c4ccc(C(C)(C)C)cc4)c4ccc1c2c34. The molecule has 0 spiro atoms. The summed E-state index contributed by atoms with van der Waals surface area (Å²) < 4.78 is 0. The molecule has 0 atom stereocenters. The highest BCUT2D eigenvalue weighted by atomic mass is 14.2. The van der Waals surface area contributed by atoms with Crippen molar-refractivity contribution in [3.8, 4) is 33.4 Å². The van der Waals surface area contributed by atoms with Gasteiger partial charge in [0, 0.05) is 0 Å². The molecule has 8 aromatic rings. The van der Waals surface area contributed by atoms with Crippen molar-refractivity contribution in [1.29, 1.82) is 0 Å². The molecule has 0 unspecified atom stereocenters. The molecule has 8 aromatic carbocycles. The zero-order valence-electron chi connectivity index (χ0n) is 27.5. The molecule has 46 heavy (non-hydrogen) atoms. The van der Waals surface area contributed by atoms with Crippen LogP contribution in [0.25, 0.3) is 76.5 Å². The highest BCUT2D eigenvalue weighted by Gasteiger charge is 2.20. The van der Waals surface area contributed by atoms with Crippen molar-refractivity contribution in [3.05, 3.63) is 144 Å². The van der Waals surface area contributed by atoms with E-state index >= 15 is 0 Å². The quantitative estimate of drug-likeness (QED) is 0.174. The Hall–Kier alpha value is -4.94. The topological polar surface area (TPSA) is 0 Å². The average Bonchev–Trinajstić information content (AvgIpc) is 3.09. The van der Waals surface area contributed by atoms with E-state index in [1.165, 1.54) is 93.2 Å². The molecular formula is C46H40. The summed E-state index contributed by atoms with van der Waals surface area (Å²) in [5, 5.41) is 10.8. The lowest BCUT2D eigenvalue weighted by molar-refractivity contribution is 0.590. The van der Waals surface area contributed by atoms with Crippen LogP contribution in [0.5, 0.6) is 0 Å². The third kappa shape index (κ3) is 4.51. The first-order valence-corrected chi connectivity index (χ1v) is 16.8. The van der Waals surface area contributed by atoms with Gasteiger partial charge in [-0.25, -0.2) is 0 Å². The maximum Gasteiger partial charge on any atom is -0.00175 e. The number of fused-ring (bicyclic) bond motifs is 1. The Balaban J connectivity index is 1.35. The van der Waals surface area contributed by atoms with Crippen LogP contribution >= 0.6 is 0 Å². The summed E-state index contributed by atoms with van der Waals surface area (Å²) in [6.45, 7) is 11.4. The molecule has 0 aliphatic rings. The summed E-state index contributed by atoms with van der Waals surface area (Å²) >= 11 is 0. The second kappa shape index (κ2) is 10.8. The third-order valence-corrected chi connectivity index (χ3v) is 10.2. The lowest BCUT2D eigenvalue weighted by Crippen LogP contribution is -2.10. The molecule has 8 rings (SSSR count). The largest absolute Gasteiger partial charge is 0.0616 e. The van der Waals surface area contributed by atoms with Crippen LogP contribution in [0.4, 0.5) is 0 Å². The minimum absolute atomic E-state index is 0.135. The second-order valence-electron chi connectivity index (χ2n) is 13.9. The molecule has 0 heteroatoms. The molecule has 0 aliphatic heterocycles. The van der Waals surface area contributed by atoms with E-state index in [0.717, 1.165) is 12.8 Å². The minimum Gasteiger partial charge on any atom is -0.0616 e. The summed E-state index contributed by atoms with van der Waals surface area (Å²) in [5.74, 6) is 0. The van der Waals surface area contributed by atoms with E-state index in [9.17, 15) is 0 Å². The Morgan fingerprint density at radius 3 is 1.39 bits per heavy atom. The zero-order chi connectivity index (χ0) is 31.6. The lowest BCUT2D eigenvalue weighted by atomic mass is 9.82. The Labute approximate surface area is 272 Å². The van der Waals surface area contributed by atoms with Gasteiger partial charge in [0.25, 0.3) is 0 Å². The first-order chi connectivity index (χ1) is 22.4. The standard InChI is InChI=1S/C46H40/c1-6-29-27-42(33-17-15-32(16-18-33)37-14-10-12-31-11-8-9-13-36(31)37)40-25-23-39-30(7-2)28-43(41-26-24-38(29)44(40)45(39)41)34-19-21-35(22-20-34)46(3,4)5/h8-28H,6-7H2,1-5H3. The molecule has 0 nitrogen and oxygen atoms in total. The van der Waals surface area contributed by atoms with Crippen molar-refractivity contribution >= 4 is 43.1 Å². The average molecular weight is 593 g/mol. The van der Waals surface area contributed by atoms with Crippen molar-refractivity contribution in [2.24, 2.45) is 0 Å².